The maximum atomic E-state index is 12.5. The van der Waals surface area contributed by atoms with Crippen LogP contribution in [0.4, 0.5) is 5.69 Å². The van der Waals surface area contributed by atoms with Crippen molar-refractivity contribution in [3.05, 3.63) is 59.7 Å². The molecule has 1 aliphatic heterocycles. The molecule has 1 fully saturated rings. The first-order valence-corrected chi connectivity index (χ1v) is 8.85. The number of carbonyl (C=O) groups is 1. The molecule has 2 aromatic carbocycles. The Morgan fingerprint density at radius 3 is 2.27 bits per heavy atom. The van der Waals surface area contributed by atoms with Crippen molar-refractivity contribution in [2.45, 2.75) is 12.8 Å². The van der Waals surface area contributed by atoms with Gasteiger partial charge in [-0.25, -0.2) is 0 Å². The molecule has 5 heteroatoms. The van der Waals surface area contributed by atoms with Crippen molar-refractivity contribution in [2.24, 2.45) is 0 Å². The maximum absolute atomic E-state index is 12.5. The van der Waals surface area contributed by atoms with Crippen LogP contribution in [0, 0.1) is 11.3 Å². The van der Waals surface area contributed by atoms with Crippen molar-refractivity contribution in [3.8, 4) is 11.8 Å². The lowest BCUT2D eigenvalue weighted by Gasteiger charge is -2.36. The third-order valence-corrected chi connectivity index (χ3v) is 4.78. The third kappa shape index (κ3) is 4.34. The average Bonchev–Trinajstić information content (AvgIpc) is 2.72. The Hall–Kier alpha value is -3.00. The van der Waals surface area contributed by atoms with E-state index in [0.717, 1.165) is 43.2 Å². The molecule has 0 saturated carbocycles. The van der Waals surface area contributed by atoms with Gasteiger partial charge in [-0.05, 0) is 48.4 Å². The van der Waals surface area contributed by atoms with Crippen LogP contribution in [-0.4, -0.2) is 44.1 Å². The van der Waals surface area contributed by atoms with Gasteiger partial charge in [0.2, 0.25) is 5.91 Å². The van der Waals surface area contributed by atoms with Gasteiger partial charge >= 0.3 is 0 Å². The van der Waals surface area contributed by atoms with Crippen LogP contribution in [0.25, 0.3) is 0 Å². The first kappa shape index (κ1) is 17.8. The molecule has 134 valence electrons. The lowest BCUT2D eigenvalue weighted by atomic mass is 10.1. The van der Waals surface area contributed by atoms with E-state index in [-0.39, 0.29) is 5.91 Å². The molecule has 0 bridgehead atoms. The number of piperazine rings is 1. The van der Waals surface area contributed by atoms with Crippen LogP contribution in [0.3, 0.4) is 0 Å². The number of carbonyl (C=O) groups excluding carboxylic acids is 1. The van der Waals surface area contributed by atoms with E-state index in [0.29, 0.717) is 18.4 Å². The highest BCUT2D eigenvalue weighted by Gasteiger charge is 2.21. The van der Waals surface area contributed by atoms with Crippen LogP contribution in [0.1, 0.15) is 17.5 Å². The zero-order valence-electron chi connectivity index (χ0n) is 15.0. The van der Waals surface area contributed by atoms with Crippen molar-refractivity contribution in [1.82, 2.24) is 4.90 Å². The summed E-state index contributed by atoms with van der Waals surface area (Å²) < 4.78 is 5.19. The van der Waals surface area contributed by atoms with E-state index >= 15 is 0 Å². The smallest absolute Gasteiger partial charge is 0.223 e. The fourth-order valence-corrected chi connectivity index (χ4v) is 3.16. The minimum atomic E-state index is 0.198. The summed E-state index contributed by atoms with van der Waals surface area (Å²) in [4.78, 5) is 16.7. The van der Waals surface area contributed by atoms with Crippen LogP contribution >= 0.6 is 0 Å². The Morgan fingerprint density at radius 2 is 1.69 bits per heavy atom. The molecule has 0 unspecified atom stereocenters. The molecule has 0 aliphatic carbocycles. The lowest BCUT2D eigenvalue weighted by Crippen LogP contribution is -2.48. The van der Waals surface area contributed by atoms with E-state index in [4.69, 9.17) is 10.00 Å². The molecule has 0 aromatic heterocycles. The van der Waals surface area contributed by atoms with Crippen molar-refractivity contribution in [3.63, 3.8) is 0 Å². The molecular formula is C21H23N3O2. The molecule has 1 heterocycles. The maximum Gasteiger partial charge on any atom is 0.223 e. The monoisotopic (exact) mass is 349 g/mol. The first-order valence-electron chi connectivity index (χ1n) is 8.85. The summed E-state index contributed by atoms with van der Waals surface area (Å²) in [6.45, 7) is 3.18. The predicted molar refractivity (Wildman–Crippen MR) is 101 cm³/mol. The topological polar surface area (TPSA) is 56.6 Å². The first-order chi connectivity index (χ1) is 12.7. The van der Waals surface area contributed by atoms with Crippen molar-refractivity contribution in [1.29, 1.82) is 5.26 Å². The summed E-state index contributed by atoms with van der Waals surface area (Å²) in [7, 11) is 1.66. The average molecular weight is 349 g/mol. The minimum absolute atomic E-state index is 0.198. The highest BCUT2D eigenvalue weighted by atomic mass is 16.5. The summed E-state index contributed by atoms with van der Waals surface area (Å²) in [6, 6.07) is 17.6. The number of anilines is 1. The number of nitriles is 1. The van der Waals surface area contributed by atoms with Crippen LogP contribution in [-0.2, 0) is 11.2 Å². The summed E-state index contributed by atoms with van der Waals surface area (Å²) in [5, 5.41) is 8.83. The summed E-state index contributed by atoms with van der Waals surface area (Å²) in [5.74, 6) is 1.05. The van der Waals surface area contributed by atoms with Gasteiger partial charge in [-0.1, -0.05) is 12.1 Å². The Balaban J connectivity index is 1.47. The number of rotatable bonds is 5. The molecule has 0 spiro atoms. The van der Waals surface area contributed by atoms with E-state index in [1.54, 1.807) is 19.2 Å². The molecule has 0 atom stereocenters. The largest absolute Gasteiger partial charge is 0.497 e. The SMILES string of the molecule is COc1ccc(N2CCN(C(=O)CCc3ccc(C#N)cc3)CC2)cc1. The molecule has 1 amide bonds. The number of hydrogen-bond donors (Lipinski definition) is 0. The molecule has 1 saturated heterocycles. The molecule has 5 nitrogen and oxygen atoms in total. The van der Waals surface area contributed by atoms with Crippen LogP contribution in [0.2, 0.25) is 0 Å². The standard InChI is InChI=1S/C21H23N3O2/c1-26-20-9-7-19(8-10-20)23-12-14-24(15-13-23)21(25)11-6-17-2-4-18(16-22)5-3-17/h2-5,7-10H,6,11-15H2,1H3. The fraction of sp³-hybridized carbons (Fsp3) is 0.333. The molecular weight excluding hydrogens is 326 g/mol. The summed E-state index contributed by atoms with van der Waals surface area (Å²) in [5.41, 5.74) is 2.90. The number of methoxy groups -OCH3 is 1. The van der Waals surface area contributed by atoms with Gasteiger partial charge in [0.05, 0.1) is 18.7 Å². The number of nitrogens with zero attached hydrogens (tertiary/aromatic N) is 3. The van der Waals surface area contributed by atoms with Gasteiger partial charge in [0.25, 0.3) is 0 Å². The molecule has 1 aliphatic rings. The van der Waals surface area contributed by atoms with E-state index in [9.17, 15) is 4.79 Å². The van der Waals surface area contributed by atoms with E-state index in [1.165, 1.54) is 0 Å². The molecule has 3 rings (SSSR count). The Labute approximate surface area is 154 Å². The minimum Gasteiger partial charge on any atom is -0.497 e. The Bertz CT molecular complexity index is 770. The summed E-state index contributed by atoms with van der Waals surface area (Å²) in [6.07, 6.45) is 1.22. The van der Waals surface area contributed by atoms with Crippen molar-refractivity contribution in [2.75, 3.05) is 38.2 Å². The quantitative estimate of drug-likeness (QED) is 0.833. The Morgan fingerprint density at radius 1 is 1.04 bits per heavy atom. The second-order valence-corrected chi connectivity index (χ2v) is 6.37. The molecule has 0 N–H and O–H groups in total. The van der Waals surface area contributed by atoms with Gasteiger partial charge < -0.3 is 14.5 Å². The highest BCUT2D eigenvalue weighted by Crippen LogP contribution is 2.20. The van der Waals surface area contributed by atoms with Crippen LogP contribution < -0.4 is 9.64 Å². The van der Waals surface area contributed by atoms with E-state index in [1.807, 2.05) is 29.2 Å². The van der Waals surface area contributed by atoms with Gasteiger partial charge in [0, 0.05) is 38.3 Å². The zero-order chi connectivity index (χ0) is 18.4. The highest BCUT2D eigenvalue weighted by molar-refractivity contribution is 5.76. The van der Waals surface area contributed by atoms with E-state index < -0.39 is 0 Å². The fourth-order valence-electron chi connectivity index (χ4n) is 3.16. The van der Waals surface area contributed by atoms with Crippen molar-refractivity contribution < 1.29 is 9.53 Å². The van der Waals surface area contributed by atoms with Gasteiger partial charge in [0.1, 0.15) is 5.75 Å². The van der Waals surface area contributed by atoms with Crippen molar-refractivity contribution >= 4 is 11.6 Å². The number of benzene rings is 2. The third-order valence-electron chi connectivity index (χ3n) is 4.78. The zero-order valence-corrected chi connectivity index (χ0v) is 15.0. The second-order valence-electron chi connectivity index (χ2n) is 6.37. The lowest BCUT2D eigenvalue weighted by molar-refractivity contribution is -0.131. The van der Waals surface area contributed by atoms with Gasteiger partial charge in [0.15, 0.2) is 0 Å². The molecule has 0 radical (unpaired) electrons. The Kier molecular flexibility index (Phi) is 5.75. The number of hydrogen-bond acceptors (Lipinski definition) is 4. The van der Waals surface area contributed by atoms with Gasteiger partial charge in [-0.15, -0.1) is 0 Å². The number of ether oxygens (including phenoxy) is 1. The van der Waals surface area contributed by atoms with Crippen LogP contribution in [0.15, 0.2) is 48.5 Å². The normalized spacial score (nSPS) is 14.0. The molecule has 26 heavy (non-hydrogen) atoms. The number of amides is 1. The van der Waals surface area contributed by atoms with Gasteiger partial charge in [-0.3, -0.25) is 4.79 Å². The van der Waals surface area contributed by atoms with E-state index in [2.05, 4.69) is 23.1 Å². The summed E-state index contributed by atoms with van der Waals surface area (Å²) >= 11 is 0. The second kappa shape index (κ2) is 8.39. The number of aryl methyl sites for hydroxylation is 1. The van der Waals surface area contributed by atoms with Crippen LogP contribution in [0.5, 0.6) is 5.75 Å². The predicted octanol–water partition coefficient (Wildman–Crippen LogP) is 2.85. The van der Waals surface area contributed by atoms with Gasteiger partial charge in [-0.2, -0.15) is 5.26 Å². The molecule has 2 aromatic rings.